The van der Waals surface area contributed by atoms with Gasteiger partial charge in [0.1, 0.15) is 17.2 Å². The Kier molecular flexibility index (Phi) is 5.30. The number of nitrogens with zero attached hydrogens (tertiary/aromatic N) is 4. The molecule has 152 valence electrons. The number of benzene rings is 2. The lowest BCUT2D eigenvalue weighted by molar-refractivity contribution is 0.406. The van der Waals surface area contributed by atoms with Crippen molar-refractivity contribution in [1.82, 2.24) is 15.1 Å². The molecular formula is C22H19FN4O3. The Balaban J connectivity index is 1.52. The van der Waals surface area contributed by atoms with E-state index >= 15 is 0 Å². The van der Waals surface area contributed by atoms with Crippen LogP contribution in [0.15, 0.2) is 65.3 Å². The first kappa shape index (κ1) is 19.4. The number of rotatable bonds is 6. The summed E-state index contributed by atoms with van der Waals surface area (Å²) in [6.45, 7) is 0. The van der Waals surface area contributed by atoms with Crippen LogP contribution in [0.4, 0.5) is 10.1 Å². The van der Waals surface area contributed by atoms with Gasteiger partial charge in [0.2, 0.25) is 5.82 Å². The van der Waals surface area contributed by atoms with Crippen LogP contribution >= 0.6 is 0 Å². The van der Waals surface area contributed by atoms with Gasteiger partial charge in [-0.3, -0.25) is 0 Å². The van der Waals surface area contributed by atoms with E-state index in [0.29, 0.717) is 22.9 Å². The summed E-state index contributed by atoms with van der Waals surface area (Å²) < 4.78 is 30.2. The van der Waals surface area contributed by atoms with Crippen molar-refractivity contribution in [2.24, 2.45) is 0 Å². The van der Waals surface area contributed by atoms with Gasteiger partial charge in [0, 0.05) is 37.5 Å². The summed E-state index contributed by atoms with van der Waals surface area (Å²) in [4.78, 5) is 10.2. The normalized spacial score (nSPS) is 10.7. The largest absolute Gasteiger partial charge is 0.495 e. The zero-order valence-electron chi connectivity index (χ0n) is 16.7. The Morgan fingerprint density at radius 3 is 2.47 bits per heavy atom. The molecular weight excluding hydrogens is 387 g/mol. The van der Waals surface area contributed by atoms with E-state index in [1.807, 2.05) is 43.3 Å². The van der Waals surface area contributed by atoms with Crippen LogP contribution in [0.5, 0.6) is 17.2 Å². The molecule has 4 rings (SSSR count). The molecule has 0 bridgehead atoms. The van der Waals surface area contributed by atoms with E-state index < -0.39 is 5.82 Å². The average molecular weight is 406 g/mol. The summed E-state index contributed by atoms with van der Waals surface area (Å²) in [5, 5.41) is 3.92. The van der Waals surface area contributed by atoms with Gasteiger partial charge in [-0.2, -0.15) is 4.98 Å². The molecule has 0 aliphatic rings. The van der Waals surface area contributed by atoms with Gasteiger partial charge >= 0.3 is 0 Å². The molecule has 4 aromatic rings. The molecule has 30 heavy (non-hydrogen) atoms. The molecule has 2 aromatic carbocycles. The molecule has 0 aliphatic carbocycles. The SMILES string of the molecule is COc1cnc(-c2nc(-c3ccc(Oc4cccc(N(C)C)c4)cc3)no2)c(F)c1. The molecule has 0 atom stereocenters. The Labute approximate surface area is 172 Å². The molecule has 0 N–H and O–H groups in total. The fraction of sp³-hybridized carbons (Fsp3) is 0.136. The zero-order chi connectivity index (χ0) is 21.1. The highest BCUT2D eigenvalue weighted by Crippen LogP contribution is 2.28. The van der Waals surface area contributed by atoms with Crippen LogP contribution in [0.25, 0.3) is 23.0 Å². The highest BCUT2D eigenvalue weighted by atomic mass is 19.1. The lowest BCUT2D eigenvalue weighted by Gasteiger charge is -2.14. The number of halogens is 1. The minimum Gasteiger partial charge on any atom is -0.495 e. The maximum absolute atomic E-state index is 14.2. The first-order valence-electron chi connectivity index (χ1n) is 9.13. The van der Waals surface area contributed by atoms with Crippen molar-refractivity contribution >= 4 is 5.69 Å². The quantitative estimate of drug-likeness (QED) is 0.455. The molecule has 2 aromatic heterocycles. The molecule has 0 fully saturated rings. The van der Waals surface area contributed by atoms with Crippen LogP contribution < -0.4 is 14.4 Å². The maximum atomic E-state index is 14.2. The third-order valence-corrected chi connectivity index (χ3v) is 4.36. The van der Waals surface area contributed by atoms with Crippen LogP contribution in [-0.4, -0.2) is 36.3 Å². The third-order valence-electron chi connectivity index (χ3n) is 4.36. The van der Waals surface area contributed by atoms with E-state index in [0.717, 1.165) is 11.4 Å². The van der Waals surface area contributed by atoms with E-state index in [2.05, 4.69) is 15.1 Å². The Hall–Kier alpha value is -3.94. The van der Waals surface area contributed by atoms with Gasteiger partial charge in [0.25, 0.3) is 5.89 Å². The molecule has 0 saturated carbocycles. The van der Waals surface area contributed by atoms with E-state index in [4.69, 9.17) is 14.0 Å². The highest BCUT2D eigenvalue weighted by molar-refractivity contribution is 5.59. The predicted octanol–water partition coefficient (Wildman–Crippen LogP) is 4.80. The van der Waals surface area contributed by atoms with E-state index in [1.165, 1.54) is 19.4 Å². The number of anilines is 1. The van der Waals surface area contributed by atoms with E-state index in [-0.39, 0.29) is 11.6 Å². The van der Waals surface area contributed by atoms with Gasteiger partial charge in [-0.15, -0.1) is 0 Å². The lowest BCUT2D eigenvalue weighted by atomic mass is 10.2. The Morgan fingerprint density at radius 2 is 1.77 bits per heavy atom. The summed E-state index contributed by atoms with van der Waals surface area (Å²) in [5.74, 6) is 1.42. The molecule has 0 saturated heterocycles. The van der Waals surface area contributed by atoms with Crippen LogP contribution in [0, 0.1) is 5.82 Å². The fourth-order valence-electron chi connectivity index (χ4n) is 2.76. The second-order valence-corrected chi connectivity index (χ2v) is 6.65. The number of aromatic nitrogens is 3. The van der Waals surface area contributed by atoms with Gasteiger partial charge in [-0.1, -0.05) is 11.2 Å². The van der Waals surface area contributed by atoms with Crippen molar-refractivity contribution in [1.29, 1.82) is 0 Å². The van der Waals surface area contributed by atoms with Crippen LogP contribution in [0.1, 0.15) is 0 Å². The van der Waals surface area contributed by atoms with Gasteiger partial charge < -0.3 is 18.9 Å². The number of hydrogen-bond acceptors (Lipinski definition) is 7. The summed E-state index contributed by atoms with van der Waals surface area (Å²) in [6, 6.07) is 16.2. The molecule has 8 heteroatoms. The van der Waals surface area contributed by atoms with Gasteiger partial charge in [0.15, 0.2) is 11.5 Å². The molecule has 0 aliphatic heterocycles. The van der Waals surface area contributed by atoms with Gasteiger partial charge in [0.05, 0.1) is 13.3 Å². The first-order valence-corrected chi connectivity index (χ1v) is 9.13. The monoisotopic (exact) mass is 406 g/mol. The number of methoxy groups -OCH3 is 1. The molecule has 0 unspecified atom stereocenters. The summed E-state index contributed by atoms with van der Waals surface area (Å²) in [6.07, 6.45) is 1.39. The summed E-state index contributed by atoms with van der Waals surface area (Å²) in [7, 11) is 5.38. The van der Waals surface area contributed by atoms with Crippen LogP contribution in [0.3, 0.4) is 0 Å². The number of hydrogen-bond donors (Lipinski definition) is 0. The molecule has 0 amide bonds. The second kappa shape index (κ2) is 8.20. The minimum atomic E-state index is -0.603. The van der Waals surface area contributed by atoms with Crippen molar-refractivity contribution < 1.29 is 18.4 Å². The third kappa shape index (κ3) is 4.07. The molecule has 7 nitrogen and oxygen atoms in total. The van der Waals surface area contributed by atoms with E-state index in [1.54, 1.807) is 24.3 Å². The number of ether oxygens (including phenoxy) is 2. The maximum Gasteiger partial charge on any atom is 0.279 e. The molecule has 0 radical (unpaired) electrons. The second-order valence-electron chi connectivity index (χ2n) is 6.65. The van der Waals surface area contributed by atoms with Crippen molar-refractivity contribution in [3.63, 3.8) is 0 Å². The predicted molar refractivity (Wildman–Crippen MR) is 110 cm³/mol. The average Bonchev–Trinajstić information content (AvgIpc) is 3.24. The molecule has 0 spiro atoms. The summed E-state index contributed by atoms with van der Waals surface area (Å²) in [5.41, 5.74) is 1.71. The summed E-state index contributed by atoms with van der Waals surface area (Å²) >= 11 is 0. The van der Waals surface area contributed by atoms with Gasteiger partial charge in [-0.25, -0.2) is 9.37 Å². The van der Waals surface area contributed by atoms with Crippen molar-refractivity contribution in [3.05, 3.63) is 66.6 Å². The Bertz CT molecular complexity index is 1160. The van der Waals surface area contributed by atoms with Crippen molar-refractivity contribution in [3.8, 4) is 40.2 Å². The minimum absolute atomic E-state index is 0.00835. The van der Waals surface area contributed by atoms with Crippen LogP contribution in [-0.2, 0) is 0 Å². The lowest BCUT2D eigenvalue weighted by Crippen LogP contribution is -2.08. The molecule has 2 heterocycles. The standard InChI is InChI=1S/C22H19FN4O3/c1-27(2)15-5-4-6-17(11-15)29-16-9-7-14(8-10-16)21-25-22(30-26-21)20-19(23)12-18(28-3)13-24-20/h4-13H,1-3H3. The van der Waals surface area contributed by atoms with Crippen LogP contribution in [0.2, 0.25) is 0 Å². The van der Waals surface area contributed by atoms with E-state index in [9.17, 15) is 4.39 Å². The van der Waals surface area contributed by atoms with Crippen molar-refractivity contribution in [2.45, 2.75) is 0 Å². The van der Waals surface area contributed by atoms with Gasteiger partial charge in [-0.05, 0) is 36.4 Å². The number of pyridine rings is 1. The fourth-order valence-corrected chi connectivity index (χ4v) is 2.76. The highest BCUT2D eigenvalue weighted by Gasteiger charge is 2.17. The zero-order valence-corrected chi connectivity index (χ0v) is 16.7. The topological polar surface area (TPSA) is 73.5 Å². The first-order chi connectivity index (χ1) is 14.5. The van der Waals surface area contributed by atoms with Crippen molar-refractivity contribution in [2.75, 3.05) is 26.1 Å². The smallest absolute Gasteiger partial charge is 0.279 e. The Morgan fingerprint density at radius 1 is 0.967 bits per heavy atom.